The smallest absolute Gasteiger partial charge is 0.250 e. The van der Waals surface area contributed by atoms with E-state index in [-0.39, 0.29) is 0 Å². The third kappa shape index (κ3) is 5.43. The van der Waals surface area contributed by atoms with Crippen LogP contribution in [0.3, 0.4) is 0 Å². The standard InChI is InChI=1S/C21H22ClN7O/c1-15-5-7-18(8-6-15)24-19-25-20(27-21(26-19)29-9-11-30-12-10-29)28-23-14-16-3-2-4-17(22)13-16/h2-8,13-14H,9-12H2,1H3,(H2,24,25,26,27,28)/b23-14+. The summed E-state index contributed by atoms with van der Waals surface area (Å²) in [5.74, 6) is 1.36. The van der Waals surface area contributed by atoms with Crippen molar-refractivity contribution in [3.8, 4) is 0 Å². The van der Waals surface area contributed by atoms with Crippen LogP contribution < -0.4 is 15.6 Å². The summed E-state index contributed by atoms with van der Waals surface area (Å²) in [4.78, 5) is 15.6. The molecule has 1 fully saturated rings. The number of aryl methyl sites for hydroxylation is 1. The van der Waals surface area contributed by atoms with Crippen LogP contribution in [-0.4, -0.2) is 47.5 Å². The Bertz CT molecular complexity index is 1020. The van der Waals surface area contributed by atoms with E-state index in [9.17, 15) is 0 Å². The molecule has 0 amide bonds. The van der Waals surface area contributed by atoms with Gasteiger partial charge < -0.3 is 15.0 Å². The molecule has 0 atom stereocenters. The molecule has 2 aromatic carbocycles. The van der Waals surface area contributed by atoms with E-state index >= 15 is 0 Å². The van der Waals surface area contributed by atoms with Crippen molar-refractivity contribution in [1.82, 2.24) is 15.0 Å². The predicted octanol–water partition coefficient (Wildman–Crippen LogP) is 3.86. The zero-order chi connectivity index (χ0) is 20.8. The largest absolute Gasteiger partial charge is 0.378 e. The minimum Gasteiger partial charge on any atom is -0.378 e. The molecule has 0 radical (unpaired) electrons. The summed E-state index contributed by atoms with van der Waals surface area (Å²) in [6, 6.07) is 15.4. The molecular formula is C21H22ClN7O. The lowest BCUT2D eigenvalue weighted by molar-refractivity contribution is 0.122. The minimum atomic E-state index is 0.347. The summed E-state index contributed by atoms with van der Waals surface area (Å²) in [7, 11) is 0. The molecule has 1 saturated heterocycles. The average Bonchev–Trinajstić information content (AvgIpc) is 2.76. The van der Waals surface area contributed by atoms with Crippen molar-refractivity contribution in [2.24, 2.45) is 5.10 Å². The number of benzene rings is 2. The highest BCUT2D eigenvalue weighted by Crippen LogP contribution is 2.19. The zero-order valence-electron chi connectivity index (χ0n) is 16.5. The molecule has 4 rings (SSSR count). The van der Waals surface area contributed by atoms with Gasteiger partial charge in [-0.15, -0.1) is 0 Å². The SMILES string of the molecule is Cc1ccc(Nc2nc(N/N=C/c3cccc(Cl)c3)nc(N3CCOCC3)n2)cc1. The van der Waals surface area contributed by atoms with E-state index in [1.54, 1.807) is 6.21 Å². The molecule has 1 aromatic heterocycles. The Morgan fingerprint density at radius 3 is 2.57 bits per heavy atom. The van der Waals surface area contributed by atoms with Crippen LogP contribution in [0.2, 0.25) is 5.02 Å². The van der Waals surface area contributed by atoms with Crippen molar-refractivity contribution >= 4 is 41.3 Å². The van der Waals surface area contributed by atoms with Gasteiger partial charge in [-0.1, -0.05) is 41.4 Å². The Morgan fingerprint density at radius 1 is 1.03 bits per heavy atom. The molecule has 0 aliphatic carbocycles. The number of hydrazone groups is 1. The van der Waals surface area contributed by atoms with Crippen LogP contribution in [-0.2, 0) is 4.74 Å². The van der Waals surface area contributed by atoms with Crippen molar-refractivity contribution < 1.29 is 4.74 Å². The van der Waals surface area contributed by atoms with Crippen LogP contribution in [0.15, 0.2) is 53.6 Å². The predicted molar refractivity (Wildman–Crippen MR) is 120 cm³/mol. The molecule has 0 bridgehead atoms. The van der Waals surface area contributed by atoms with Crippen LogP contribution >= 0.6 is 11.6 Å². The molecule has 154 valence electrons. The van der Waals surface area contributed by atoms with Crippen LogP contribution in [0.4, 0.5) is 23.5 Å². The molecule has 0 saturated carbocycles. The monoisotopic (exact) mass is 423 g/mol. The molecule has 2 N–H and O–H groups in total. The summed E-state index contributed by atoms with van der Waals surface area (Å²) < 4.78 is 5.43. The number of nitrogens with one attached hydrogen (secondary N) is 2. The van der Waals surface area contributed by atoms with Gasteiger partial charge in [0.2, 0.25) is 17.8 Å². The fourth-order valence-corrected chi connectivity index (χ4v) is 3.09. The zero-order valence-corrected chi connectivity index (χ0v) is 17.3. The number of halogens is 1. The molecule has 1 aliphatic heterocycles. The molecule has 2 heterocycles. The molecule has 3 aromatic rings. The second-order valence-corrected chi connectivity index (χ2v) is 7.23. The normalized spacial score (nSPS) is 14.1. The number of rotatable bonds is 6. The van der Waals surface area contributed by atoms with Gasteiger partial charge in [0.15, 0.2) is 0 Å². The van der Waals surface area contributed by atoms with Gasteiger partial charge >= 0.3 is 0 Å². The molecule has 0 spiro atoms. The van der Waals surface area contributed by atoms with Gasteiger partial charge in [-0.25, -0.2) is 5.43 Å². The topological polar surface area (TPSA) is 87.6 Å². The highest BCUT2D eigenvalue weighted by molar-refractivity contribution is 6.30. The molecule has 8 nitrogen and oxygen atoms in total. The van der Waals surface area contributed by atoms with E-state index < -0.39 is 0 Å². The van der Waals surface area contributed by atoms with Gasteiger partial charge in [-0.3, -0.25) is 0 Å². The van der Waals surface area contributed by atoms with E-state index in [4.69, 9.17) is 16.3 Å². The molecule has 9 heteroatoms. The first-order valence-corrected chi connectivity index (χ1v) is 10.0. The number of ether oxygens (including phenoxy) is 1. The van der Waals surface area contributed by atoms with Crippen molar-refractivity contribution in [3.05, 3.63) is 64.7 Å². The quantitative estimate of drug-likeness (QED) is 0.459. The molecular weight excluding hydrogens is 402 g/mol. The Kier molecular flexibility index (Phi) is 6.36. The highest BCUT2D eigenvalue weighted by Gasteiger charge is 2.16. The Balaban J connectivity index is 1.56. The number of anilines is 4. The number of hydrogen-bond donors (Lipinski definition) is 2. The lowest BCUT2D eigenvalue weighted by Gasteiger charge is -2.27. The Labute approximate surface area is 180 Å². The van der Waals surface area contributed by atoms with Gasteiger partial charge in [0.05, 0.1) is 19.4 Å². The van der Waals surface area contributed by atoms with Crippen molar-refractivity contribution in [2.45, 2.75) is 6.92 Å². The maximum atomic E-state index is 6.02. The first kappa shape index (κ1) is 20.1. The lowest BCUT2D eigenvalue weighted by atomic mass is 10.2. The minimum absolute atomic E-state index is 0.347. The number of hydrogen-bond acceptors (Lipinski definition) is 8. The van der Waals surface area contributed by atoms with E-state index in [1.807, 2.05) is 55.5 Å². The second kappa shape index (κ2) is 9.51. The fourth-order valence-electron chi connectivity index (χ4n) is 2.89. The second-order valence-electron chi connectivity index (χ2n) is 6.80. The first-order valence-electron chi connectivity index (χ1n) is 9.63. The number of morpholine rings is 1. The molecule has 1 aliphatic rings. The van der Waals surface area contributed by atoms with E-state index in [0.29, 0.717) is 36.1 Å². The van der Waals surface area contributed by atoms with E-state index in [2.05, 4.69) is 35.7 Å². The van der Waals surface area contributed by atoms with Crippen molar-refractivity contribution in [3.63, 3.8) is 0 Å². The van der Waals surface area contributed by atoms with Crippen molar-refractivity contribution in [2.75, 3.05) is 41.9 Å². The average molecular weight is 424 g/mol. The van der Waals surface area contributed by atoms with Crippen LogP contribution in [0, 0.1) is 6.92 Å². The van der Waals surface area contributed by atoms with Crippen LogP contribution in [0.25, 0.3) is 0 Å². The Morgan fingerprint density at radius 2 is 1.80 bits per heavy atom. The fraction of sp³-hybridized carbons (Fsp3) is 0.238. The number of aromatic nitrogens is 3. The van der Waals surface area contributed by atoms with E-state index in [1.165, 1.54) is 5.56 Å². The summed E-state index contributed by atoms with van der Waals surface area (Å²) in [5.41, 5.74) is 5.84. The van der Waals surface area contributed by atoms with Crippen LogP contribution in [0.1, 0.15) is 11.1 Å². The summed E-state index contributed by atoms with van der Waals surface area (Å²) >= 11 is 6.02. The number of nitrogens with zero attached hydrogens (tertiary/aromatic N) is 5. The van der Waals surface area contributed by atoms with E-state index in [0.717, 1.165) is 24.3 Å². The lowest BCUT2D eigenvalue weighted by Crippen LogP contribution is -2.37. The Hall–Kier alpha value is -3.23. The van der Waals surface area contributed by atoms with Gasteiger partial charge in [-0.2, -0.15) is 20.1 Å². The highest BCUT2D eigenvalue weighted by atomic mass is 35.5. The van der Waals surface area contributed by atoms with Gasteiger partial charge in [0.25, 0.3) is 0 Å². The third-order valence-electron chi connectivity index (χ3n) is 4.45. The first-order chi connectivity index (χ1) is 14.7. The molecule has 30 heavy (non-hydrogen) atoms. The van der Waals surface area contributed by atoms with Gasteiger partial charge in [0.1, 0.15) is 0 Å². The maximum absolute atomic E-state index is 6.02. The summed E-state index contributed by atoms with van der Waals surface area (Å²) in [5, 5.41) is 8.13. The van der Waals surface area contributed by atoms with Gasteiger partial charge in [-0.05, 0) is 36.8 Å². The van der Waals surface area contributed by atoms with Crippen molar-refractivity contribution in [1.29, 1.82) is 0 Å². The summed E-state index contributed by atoms with van der Waals surface area (Å²) in [6.45, 7) is 4.77. The van der Waals surface area contributed by atoms with Crippen LogP contribution in [0.5, 0.6) is 0 Å². The third-order valence-corrected chi connectivity index (χ3v) is 4.69. The molecule has 0 unspecified atom stereocenters. The van der Waals surface area contributed by atoms with Gasteiger partial charge in [0, 0.05) is 23.8 Å². The maximum Gasteiger partial charge on any atom is 0.250 e. The summed E-state index contributed by atoms with van der Waals surface area (Å²) in [6.07, 6.45) is 1.66.